The number of carbonyl (C=O) groups excluding carboxylic acids is 1. The molecule has 1 saturated heterocycles. The van der Waals surface area contributed by atoms with Crippen LogP contribution in [0.4, 0.5) is 0 Å². The Labute approximate surface area is 114 Å². The molecule has 0 saturated carbocycles. The predicted molar refractivity (Wildman–Crippen MR) is 71.0 cm³/mol. The average molecular weight is 272 g/mol. The third-order valence-electron chi connectivity index (χ3n) is 3.15. The molecule has 1 rings (SSSR count). The van der Waals surface area contributed by atoms with Crippen LogP contribution in [-0.4, -0.2) is 73.2 Å². The maximum atomic E-state index is 12.2. The monoisotopic (exact) mass is 272 g/mol. The number of carboxylic acid groups (broad SMARTS) is 1. The zero-order valence-electron chi connectivity index (χ0n) is 11.8. The number of nitrogens with zero attached hydrogens (tertiary/aromatic N) is 2. The Morgan fingerprint density at radius 3 is 2.53 bits per heavy atom. The fraction of sp³-hybridized carbons (Fsp3) is 0.846. The van der Waals surface area contributed by atoms with E-state index in [-0.39, 0.29) is 25.0 Å². The van der Waals surface area contributed by atoms with Crippen LogP contribution in [0, 0.1) is 0 Å². The Balaban J connectivity index is 2.46. The molecule has 0 radical (unpaired) electrons. The molecule has 0 aliphatic carbocycles. The maximum Gasteiger partial charge on any atom is 0.305 e. The molecule has 1 unspecified atom stereocenters. The lowest BCUT2D eigenvalue weighted by Gasteiger charge is -2.25. The summed E-state index contributed by atoms with van der Waals surface area (Å²) in [5.74, 6) is -0.935. The summed E-state index contributed by atoms with van der Waals surface area (Å²) in [5.41, 5.74) is 0. The van der Waals surface area contributed by atoms with Crippen molar-refractivity contribution in [2.45, 2.75) is 31.8 Å². The molecule has 0 aromatic heterocycles. The largest absolute Gasteiger partial charge is 0.481 e. The van der Waals surface area contributed by atoms with Crippen LogP contribution in [0.2, 0.25) is 0 Å². The first-order valence-corrected chi connectivity index (χ1v) is 6.77. The number of rotatable bonds is 8. The molecule has 1 heterocycles. The van der Waals surface area contributed by atoms with Crippen LogP contribution in [0.5, 0.6) is 0 Å². The van der Waals surface area contributed by atoms with Crippen LogP contribution in [0.25, 0.3) is 0 Å². The van der Waals surface area contributed by atoms with Crippen molar-refractivity contribution in [3.63, 3.8) is 0 Å². The van der Waals surface area contributed by atoms with Crippen molar-refractivity contribution in [3.05, 3.63) is 0 Å². The smallest absolute Gasteiger partial charge is 0.305 e. The summed E-state index contributed by atoms with van der Waals surface area (Å²) in [6.45, 7) is 2.36. The van der Waals surface area contributed by atoms with E-state index in [9.17, 15) is 9.59 Å². The molecule has 19 heavy (non-hydrogen) atoms. The zero-order valence-corrected chi connectivity index (χ0v) is 11.8. The summed E-state index contributed by atoms with van der Waals surface area (Å²) in [4.78, 5) is 26.6. The van der Waals surface area contributed by atoms with E-state index in [0.717, 1.165) is 25.8 Å². The molecule has 6 heteroatoms. The van der Waals surface area contributed by atoms with Crippen molar-refractivity contribution in [2.75, 3.05) is 40.3 Å². The Bertz CT molecular complexity index is 301. The van der Waals surface area contributed by atoms with Crippen molar-refractivity contribution < 1.29 is 19.4 Å². The minimum atomic E-state index is -0.877. The van der Waals surface area contributed by atoms with Gasteiger partial charge in [0.25, 0.3) is 5.91 Å². The van der Waals surface area contributed by atoms with E-state index in [2.05, 4.69) is 0 Å². The minimum absolute atomic E-state index is 0.0135. The van der Waals surface area contributed by atoms with Crippen LogP contribution in [0.15, 0.2) is 0 Å². The molecular formula is C13H24N2O4. The summed E-state index contributed by atoms with van der Waals surface area (Å²) < 4.78 is 5.38. The van der Waals surface area contributed by atoms with Crippen molar-refractivity contribution in [1.29, 1.82) is 0 Å². The number of hydrogen-bond acceptors (Lipinski definition) is 4. The van der Waals surface area contributed by atoms with Gasteiger partial charge in [-0.05, 0) is 39.9 Å². The molecule has 1 atom stereocenters. The molecule has 0 spiro atoms. The first kappa shape index (κ1) is 15.9. The molecule has 0 bridgehead atoms. The van der Waals surface area contributed by atoms with Gasteiger partial charge in [-0.15, -0.1) is 0 Å². The van der Waals surface area contributed by atoms with E-state index in [1.165, 1.54) is 0 Å². The quantitative estimate of drug-likeness (QED) is 0.693. The fourth-order valence-electron chi connectivity index (χ4n) is 2.12. The van der Waals surface area contributed by atoms with Gasteiger partial charge >= 0.3 is 5.97 Å². The lowest BCUT2D eigenvalue weighted by Crippen LogP contribution is -2.41. The Kier molecular flexibility index (Phi) is 6.80. The van der Waals surface area contributed by atoms with Gasteiger partial charge in [0, 0.05) is 19.7 Å². The SMILES string of the molecule is CN(C)CCCN(CCC(=O)O)C(=O)C1CCCO1. The topological polar surface area (TPSA) is 70.1 Å². The molecular weight excluding hydrogens is 248 g/mol. The minimum Gasteiger partial charge on any atom is -0.481 e. The summed E-state index contributed by atoms with van der Waals surface area (Å²) >= 11 is 0. The van der Waals surface area contributed by atoms with Crippen molar-refractivity contribution in [3.8, 4) is 0 Å². The molecule has 1 amide bonds. The molecule has 0 aromatic rings. The highest BCUT2D eigenvalue weighted by Gasteiger charge is 2.28. The molecule has 0 aromatic carbocycles. The van der Waals surface area contributed by atoms with Crippen LogP contribution in [0.1, 0.15) is 25.7 Å². The first-order valence-electron chi connectivity index (χ1n) is 6.77. The van der Waals surface area contributed by atoms with Crippen molar-refractivity contribution in [1.82, 2.24) is 9.80 Å². The maximum absolute atomic E-state index is 12.2. The average Bonchev–Trinajstić information content (AvgIpc) is 2.85. The van der Waals surface area contributed by atoms with E-state index >= 15 is 0 Å². The van der Waals surface area contributed by atoms with Gasteiger partial charge in [-0.1, -0.05) is 0 Å². The highest BCUT2D eigenvalue weighted by atomic mass is 16.5. The second-order valence-electron chi connectivity index (χ2n) is 5.13. The predicted octanol–water partition coefficient (Wildman–Crippen LogP) is 0.420. The second-order valence-corrected chi connectivity index (χ2v) is 5.13. The molecule has 6 nitrogen and oxygen atoms in total. The Morgan fingerprint density at radius 1 is 1.26 bits per heavy atom. The Morgan fingerprint density at radius 2 is 2.00 bits per heavy atom. The van der Waals surface area contributed by atoms with Crippen LogP contribution < -0.4 is 0 Å². The number of ether oxygens (including phenoxy) is 1. The van der Waals surface area contributed by atoms with Gasteiger partial charge in [-0.2, -0.15) is 0 Å². The van der Waals surface area contributed by atoms with Crippen molar-refractivity contribution >= 4 is 11.9 Å². The van der Waals surface area contributed by atoms with Crippen LogP contribution in [0.3, 0.4) is 0 Å². The van der Waals surface area contributed by atoms with Gasteiger partial charge in [0.1, 0.15) is 6.10 Å². The molecule has 1 N–H and O–H groups in total. The van der Waals surface area contributed by atoms with Crippen LogP contribution >= 0.6 is 0 Å². The van der Waals surface area contributed by atoms with Gasteiger partial charge in [0.05, 0.1) is 6.42 Å². The number of aliphatic carboxylic acids is 1. The summed E-state index contributed by atoms with van der Waals surface area (Å²) in [6, 6.07) is 0. The highest BCUT2D eigenvalue weighted by Crippen LogP contribution is 2.15. The van der Waals surface area contributed by atoms with E-state index in [0.29, 0.717) is 13.2 Å². The van der Waals surface area contributed by atoms with Gasteiger partial charge in [0.2, 0.25) is 0 Å². The van der Waals surface area contributed by atoms with Crippen LogP contribution in [-0.2, 0) is 14.3 Å². The summed E-state index contributed by atoms with van der Waals surface area (Å²) in [6.07, 6.45) is 2.11. The standard InChI is InChI=1S/C13H24N2O4/c1-14(2)7-4-8-15(9-6-12(16)17)13(18)11-5-3-10-19-11/h11H,3-10H2,1-2H3,(H,16,17). The molecule has 110 valence electrons. The molecule has 1 aliphatic rings. The number of carboxylic acids is 1. The fourth-order valence-corrected chi connectivity index (χ4v) is 2.12. The first-order chi connectivity index (χ1) is 9.00. The third-order valence-corrected chi connectivity index (χ3v) is 3.15. The Hall–Kier alpha value is -1.14. The molecule has 1 aliphatic heterocycles. The van der Waals surface area contributed by atoms with E-state index in [1.54, 1.807) is 4.90 Å². The third kappa shape index (κ3) is 6.02. The van der Waals surface area contributed by atoms with Crippen molar-refractivity contribution in [2.24, 2.45) is 0 Å². The van der Waals surface area contributed by atoms with Gasteiger partial charge in [-0.25, -0.2) is 0 Å². The van der Waals surface area contributed by atoms with Gasteiger partial charge in [0.15, 0.2) is 0 Å². The van der Waals surface area contributed by atoms with Gasteiger partial charge in [-0.3, -0.25) is 9.59 Å². The normalized spacial score (nSPS) is 18.8. The van der Waals surface area contributed by atoms with E-state index in [4.69, 9.17) is 9.84 Å². The van der Waals surface area contributed by atoms with E-state index < -0.39 is 5.97 Å². The lowest BCUT2D eigenvalue weighted by molar-refractivity contribution is -0.143. The second kappa shape index (κ2) is 8.12. The summed E-state index contributed by atoms with van der Waals surface area (Å²) in [5, 5.41) is 8.75. The highest BCUT2D eigenvalue weighted by molar-refractivity contribution is 5.81. The summed E-state index contributed by atoms with van der Waals surface area (Å²) in [7, 11) is 3.95. The lowest BCUT2D eigenvalue weighted by atomic mass is 10.2. The van der Waals surface area contributed by atoms with Gasteiger partial charge < -0.3 is 19.6 Å². The number of amides is 1. The van der Waals surface area contributed by atoms with E-state index in [1.807, 2.05) is 19.0 Å². The molecule has 1 fully saturated rings. The number of hydrogen-bond donors (Lipinski definition) is 1. The number of carbonyl (C=O) groups is 2. The zero-order chi connectivity index (χ0) is 14.3.